The van der Waals surface area contributed by atoms with Crippen LogP contribution in [-0.4, -0.2) is 18.1 Å². The Bertz CT molecular complexity index is 669. The summed E-state index contributed by atoms with van der Waals surface area (Å²) in [5.41, 5.74) is 3.20. The second-order valence-corrected chi connectivity index (χ2v) is 4.90. The summed E-state index contributed by atoms with van der Waals surface area (Å²) in [4.78, 5) is 16.0. The van der Waals surface area contributed by atoms with E-state index in [0.29, 0.717) is 0 Å². The van der Waals surface area contributed by atoms with Gasteiger partial charge in [0.1, 0.15) is 5.82 Å². The molecule has 1 unspecified atom stereocenters. The maximum atomic E-state index is 13.7. The maximum Gasteiger partial charge on any atom is 0.337 e. The summed E-state index contributed by atoms with van der Waals surface area (Å²) in [6, 6.07) is 8.32. The van der Waals surface area contributed by atoms with Crippen LogP contribution in [0.2, 0.25) is 0 Å². The molecule has 1 aliphatic rings. The van der Waals surface area contributed by atoms with Gasteiger partial charge in [-0.05, 0) is 48.2 Å². The first kappa shape index (κ1) is 12.8. The number of hydrogen-bond acceptors (Lipinski definition) is 3. The van der Waals surface area contributed by atoms with Crippen LogP contribution in [0.15, 0.2) is 36.5 Å². The fourth-order valence-corrected chi connectivity index (χ4v) is 2.79. The number of benzene rings is 1. The minimum absolute atomic E-state index is 0.0466. The molecule has 4 heteroatoms. The minimum atomic E-state index is -0.523. The summed E-state index contributed by atoms with van der Waals surface area (Å²) in [6.07, 6.45) is 3.56. The van der Waals surface area contributed by atoms with Gasteiger partial charge in [0, 0.05) is 12.1 Å². The summed E-state index contributed by atoms with van der Waals surface area (Å²) >= 11 is 0. The standard InChI is InChI=1S/C16H14FNO2/c1-20-16(19)12-7-11(8-13(17)9-12)14-5-4-10-3-2-6-18-15(10)14/h2-3,6-9,14H,4-5H2,1H3. The van der Waals surface area contributed by atoms with Gasteiger partial charge in [0.25, 0.3) is 0 Å². The fraction of sp³-hybridized carbons (Fsp3) is 0.250. The van der Waals surface area contributed by atoms with Crippen molar-refractivity contribution in [1.82, 2.24) is 4.98 Å². The molecule has 1 aliphatic carbocycles. The van der Waals surface area contributed by atoms with E-state index in [9.17, 15) is 9.18 Å². The number of methoxy groups -OCH3 is 1. The Balaban J connectivity index is 2.03. The molecule has 0 radical (unpaired) electrons. The van der Waals surface area contributed by atoms with Crippen LogP contribution in [0.3, 0.4) is 0 Å². The van der Waals surface area contributed by atoms with Crippen LogP contribution in [0.25, 0.3) is 0 Å². The summed E-state index contributed by atoms with van der Waals surface area (Å²) in [7, 11) is 1.29. The zero-order chi connectivity index (χ0) is 14.1. The fourth-order valence-electron chi connectivity index (χ4n) is 2.79. The first-order chi connectivity index (χ1) is 9.69. The summed E-state index contributed by atoms with van der Waals surface area (Å²) in [6.45, 7) is 0. The lowest BCUT2D eigenvalue weighted by atomic mass is 9.94. The highest BCUT2D eigenvalue weighted by molar-refractivity contribution is 5.89. The lowest BCUT2D eigenvalue weighted by molar-refractivity contribution is 0.0600. The van der Waals surface area contributed by atoms with Gasteiger partial charge in [-0.3, -0.25) is 4.98 Å². The highest BCUT2D eigenvalue weighted by Gasteiger charge is 2.26. The highest BCUT2D eigenvalue weighted by atomic mass is 19.1. The molecule has 0 aliphatic heterocycles. The molecule has 1 aromatic heterocycles. The Kier molecular flexibility index (Phi) is 3.22. The number of ether oxygens (including phenoxy) is 1. The number of nitrogens with zero attached hydrogens (tertiary/aromatic N) is 1. The second kappa shape index (κ2) is 5.04. The molecule has 3 rings (SSSR count). The smallest absolute Gasteiger partial charge is 0.337 e. The van der Waals surface area contributed by atoms with E-state index in [-0.39, 0.29) is 11.5 Å². The van der Waals surface area contributed by atoms with Crippen LogP contribution < -0.4 is 0 Å². The van der Waals surface area contributed by atoms with Crippen molar-refractivity contribution in [2.24, 2.45) is 0 Å². The number of carbonyl (C=O) groups is 1. The number of halogens is 1. The lowest BCUT2D eigenvalue weighted by Crippen LogP contribution is -2.05. The molecule has 3 nitrogen and oxygen atoms in total. The first-order valence-electron chi connectivity index (χ1n) is 6.51. The molecule has 102 valence electrons. The van der Waals surface area contributed by atoms with Gasteiger partial charge in [-0.2, -0.15) is 0 Å². The zero-order valence-electron chi connectivity index (χ0n) is 11.1. The quantitative estimate of drug-likeness (QED) is 0.788. The molecule has 0 amide bonds. The molecule has 2 aromatic rings. The average molecular weight is 271 g/mol. The zero-order valence-corrected chi connectivity index (χ0v) is 11.1. The Morgan fingerprint density at radius 2 is 2.25 bits per heavy atom. The molecule has 20 heavy (non-hydrogen) atoms. The Labute approximate surface area is 116 Å². The molecule has 1 aromatic carbocycles. The molecular weight excluding hydrogens is 257 g/mol. The number of carbonyl (C=O) groups excluding carboxylic acids is 1. The highest BCUT2D eigenvalue weighted by Crippen LogP contribution is 2.37. The van der Waals surface area contributed by atoms with Gasteiger partial charge in [-0.1, -0.05) is 6.07 Å². The van der Waals surface area contributed by atoms with Gasteiger partial charge in [0.2, 0.25) is 0 Å². The Morgan fingerprint density at radius 1 is 1.40 bits per heavy atom. The van der Waals surface area contributed by atoms with E-state index in [0.717, 1.165) is 24.1 Å². The van der Waals surface area contributed by atoms with E-state index < -0.39 is 11.8 Å². The normalized spacial score (nSPS) is 16.8. The number of esters is 1. The predicted octanol–water partition coefficient (Wildman–Crippen LogP) is 3.09. The van der Waals surface area contributed by atoms with E-state index >= 15 is 0 Å². The molecule has 1 heterocycles. The molecule has 0 N–H and O–H groups in total. The van der Waals surface area contributed by atoms with Gasteiger partial charge < -0.3 is 4.74 Å². The number of pyridine rings is 1. The van der Waals surface area contributed by atoms with Crippen molar-refractivity contribution in [3.05, 3.63) is 64.7 Å². The van der Waals surface area contributed by atoms with Crippen molar-refractivity contribution < 1.29 is 13.9 Å². The van der Waals surface area contributed by atoms with Crippen molar-refractivity contribution >= 4 is 5.97 Å². The number of aryl methyl sites for hydroxylation is 1. The number of rotatable bonds is 2. The second-order valence-electron chi connectivity index (χ2n) is 4.90. The lowest BCUT2D eigenvalue weighted by Gasteiger charge is -2.12. The van der Waals surface area contributed by atoms with Gasteiger partial charge in [0.15, 0.2) is 0 Å². The van der Waals surface area contributed by atoms with Gasteiger partial charge in [-0.25, -0.2) is 9.18 Å². The third-order valence-electron chi connectivity index (χ3n) is 3.70. The van der Waals surface area contributed by atoms with Crippen LogP contribution in [-0.2, 0) is 11.2 Å². The minimum Gasteiger partial charge on any atom is -0.465 e. The summed E-state index contributed by atoms with van der Waals surface area (Å²) in [5.74, 6) is -0.900. The molecule has 0 spiro atoms. The van der Waals surface area contributed by atoms with E-state index in [1.54, 1.807) is 12.3 Å². The van der Waals surface area contributed by atoms with Crippen molar-refractivity contribution in [1.29, 1.82) is 0 Å². The summed E-state index contributed by atoms with van der Waals surface area (Å²) < 4.78 is 18.4. The third-order valence-corrected chi connectivity index (χ3v) is 3.70. The first-order valence-corrected chi connectivity index (χ1v) is 6.51. The van der Waals surface area contributed by atoms with Crippen LogP contribution in [0.5, 0.6) is 0 Å². The van der Waals surface area contributed by atoms with Crippen LogP contribution in [0, 0.1) is 5.82 Å². The van der Waals surface area contributed by atoms with E-state index in [1.165, 1.54) is 24.8 Å². The number of hydrogen-bond donors (Lipinski definition) is 0. The molecule has 0 bridgehead atoms. The van der Waals surface area contributed by atoms with E-state index in [2.05, 4.69) is 9.72 Å². The van der Waals surface area contributed by atoms with Crippen molar-refractivity contribution in [3.8, 4) is 0 Å². The third kappa shape index (κ3) is 2.18. The Morgan fingerprint density at radius 3 is 3.05 bits per heavy atom. The maximum absolute atomic E-state index is 13.7. The van der Waals surface area contributed by atoms with E-state index in [4.69, 9.17) is 0 Å². The molecule has 1 atom stereocenters. The van der Waals surface area contributed by atoms with Gasteiger partial charge in [0.05, 0.1) is 18.4 Å². The van der Waals surface area contributed by atoms with Gasteiger partial charge in [-0.15, -0.1) is 0 Å². The largest absolute Gasteiger partial charge is 0.465 e. The van der Waals surface area contributed by atoms with Gasteiger partial charge >= 0.3 is 5.97 Å². The molecule has 0 saturated heterocycles. The molecule has 0 fully saturated rings. The number of aromatic nitrogens is 1. The number of fused-ring (bicyclic) bond motifs is 1. The van der Waals surface area contributed by atoms with Crippen molar-refractivity contribution in [2.75, 3.05) is 7.11 Å². The van der Waals surface area contributed by atoms with Crippen LogP contribution >= 0.6 is 0 Å². The predicted molar refractivity (Wildman–Crippen MR) is 72.1 cm³/mol. The molecular formula is C16H14FNO2. The van der Waals surface area contributed by atoms with Crippen molar-refractivity contribution in [3.63, 3.8) is 0 Å². The van der Waals surface area contributed by atoms with Crippen LogP contribution in [0.1, 0.15) is 39.5 Å². The van der Waals surface area contributed by atoms with E-state index in [1.807, 2.05) is 12.1 Å². The topological polar surface area (TPSA) is 39.2 Å². The average Bonchev–Trinajstić information content (AvgIpc) is 2.89. The molecule has 0 saturated carbocycles. The van der Waals surface area contributed by atoms with Crippen LogP contribution in [0.4, 0.5) is 4.39 Å². The summed E-state index contributed by atoms with van der Waals surface area (Å²) in [5, 5.41) is 0. The Hall–Kier alpha value is -2.23. The van der Waals surface area contributed by atoms with Crippen molar-refractivity contribution in [2.45, 2.75) is 18.8 Å². The SMILES string of the molecule is COC(=O)c1cc(F)cc(C2CCc3cccnc32)c1. The monoisotopic (exact) mass is 271 g/mol.